The molecule has 0 bridgehead atoms. The van der Waals surface area contributed by atoms with E-state index in [4.69, 9.17) is 21.1 Å². The third-order valence-corrected chi connectivity index (χ3v) is 4.21. The molecule has 6 nitrogen and oxygen atoms in total. The molecular formula is C22H24ClNO5. The van der Waals surface area contributed by atoms with Crippen LogP contribution in [-0.2, 0) is 14.3 Å². The largest absolute Gasteiger partial charge is 0.482 e. The number of benzene rings is 2. The van der Waals surface area contributed by atoms with Gasteiger partial charge in [-0.1, -0.05) is 32.4 Å². The van der Waals surface area contributed by atoms with Gasteiger partial charge in [-0.25, -0.2) is 4.79 Å². The summed E-state index contributed by atoms with van der Waals surface area (Å²) in [7, 11) is 0. The molecule has 0 aromatic heterocycles. The van der Waals surface area contributed by atoms with Gasteiger partial charge >= 0.3 is 5.97 Å². The van der Waals surface area contributed by atoms with Crippen LogP contribution in [0.1, 0.15) is 38.1 Å². The number of ketones is 1. The average molecular weight is 418 g/mol. The Balaban J connectivity index is 1.87. The third-order valence-electron chi connectivity index (χ3n) is 3.96. The fourth-order valence-electron chi connectivity index (χ4n) is 2.23. The van der Waals surface area contributed by atoms with Gasteiger partial charge in [-0.05, 0) is 55.5 Å². The maximum Gasteiger partial charge on any atom is 0.344 e. The van der Waals surface area contributed by atoms with Crippen LogP contribution in [0.3, 0.4) is 0 Å². The van der Waals surface area contributed by atoms with Crippen LogP contribution in [0.4, 0.5) is 5.69 Å². The molecule has 2 rings (SSSR count). The van der Waals surface area contributed by atoms with E-state index in [1.54, 1.807) is 48.5 Å². The van der Waals surface area contributed by atoms with Crippen molar-refractivity contribution in [1.29, 1.82) is 0 Å². The summed E-state index contributed by atoms with van der Waals surface area (Å²) in [6.45, 7) is 6.61. The summed E-state index contributed by atoms with van der Waals surface area (Å²) in [6.07, 6.45) is -0.966. The Morgan fingerprint density at radius 3 is 2.14 bits per heavy atom. The molecule has 2 aromatic carbocycles. The van der Waals surface area contributed by atoms with E-state index in [-0.39, 0.29) is 18.3 Å². The van der Waals surface area contributed by atoms with Gasteiger partial charge in [0, 0.05) is 21.7 Å². The van der Waals surface area contributed by atoms with Gasteiger partial charge in [0.2, 0.25) is 11.7 Å². The minimum absolute atomic E-state index is 0.125. The molecule has 154 valence electrons. The van der Waals surface area contributed by atoms with E-state index < -0.39 is 17.5 Å². The fraction of sp³-hybridized carbons (Fsp3) is 0.318. The van der Waals surface area contributed by atoms with Gasteiger partial charge in [0.15, 0.2) is 12.7 Å². The Morgan fingerprint density at radius 1 is 1.00 bits per heavy atom. The monoisotopic (exact) mass is 417 g/mol. The first-order valence-electron chi connectivity index (χ1n) is 9.10. The molecule has 0 aliphatic carbocycles. The highest BCUT2D eigenvalue weighted by Gasteiger charge is 2.22. The number of ether oxygens (including phenoxy) is 2. The number of rotatable bonds is 7. The number of carbonyl (C=O) groups excluding carboxylic acids is 3. The zero-order valence-electron chi connectivity index (χ0n) is 16.8. The lowest BCUT2D eigenvalue weighted by Gasteiger charge is -2.18. The molecule has 0 radical (unpaired) electrons. The number of carbonyl (C=O) groups is 3. The fourth-order valence-corrected chi connectivity index (χ4v) is 2.35. The van der Waals surface area contributed by atoms with Crippen LogP contribution < -0.4 is 10.1 Å². The lowest BCUT2D eigenvalue weighted by Crippen LogP contribution is -2.28. The van der Waals surface area contributed by atoms with Crippen molar-refractivity contribution >= 4 is 34.9 Å². The van der Waals surface area contributed by atoms with Crippen molar-refractivity contribution in [1.82, 2.24) is 0 Å². The quantitative estimate of drug-likeness (QED) is 0.529. The second-order valence-electron chi connectivity index (χ2n) is 7.52. The van der Waals surface area contributed by atoms with Crippen LogP contribution in [0.15, 0.2) is 48.5 Å². The number of Topliss-reactive ketones (excluding diaryl/α,β-unsaturated/α-hetero) is 1. The molecule has 0 fully saturated rings. The van der Waals surface area contributed by atoms with E-state index in [0.717, 1.165) is 0 Å². The minimum atomic E-state index is -0.966. The maximum atomic E-state index is 12.5. The SMILES string of the molecule is C[C@@H](OC(=O)COc1ccc(Cl)cc1)C(=O)c1ccc(NC(=O)C(C)(C)C)cc1. The number of nitrogens with one attached hydrogen (secondary N) is 1. The van der Waals surface area contributed by atoms with E-state index in [1.165, 1.54) is 6.92 Å². The molecule has 0 heterocycles. The summed E-state index contributed by atoms with van der Waals surface area (Å²) in [5.41, 5.74) is 0.436. The number of amides is 1. The Hall–Kier alpha value is -2.86. The van der Waals surface area contributed by atoms with E-state index >= 15 is 0 Å². The van der Waals surface area contributed by atoms with Crippen molar-refractivity contribution in [3.63, 3.8) is 0 Å². The van der Waals surface area contributed by atoms with Crippen molar-refractivity contribution in [3.05, 3.63) is 59.1 Å². The molecule has 0 unspecified atom stereocenters. The molecular weight excluding hydrogens is 394 g/mol. The van der Waals surface area contributed by atoms with Crippen LogP contribution in [0.5, 0.6) is 5.75 Å². The smallest absolute Gasteiger partial charge is 0.344 e. The number of hydrogen-bond donors (Lipinski definition) is 1. The zero-order valence-corrected chi connectivity index (χ0v) is 17.6. The molecule has 1 N–H and O–H groups in total. The van der Waals surface area contributed by atoms with E-state index in [2.05, 4.69) is 5.32 Å². The molecule has 7 heteroatoms. The Morgan fingerprint density at radius 2 is 1.59 bits per heavy atom. The van der Waals surface area contributed by atoms with Crippen molar-refractivity contribution in [2.24, 2.45) is 5.41 Å². The van der Waals surface area contributed by atoms with E-state index in [0.29, 0.717) is 22.0 Å². The van der Waals surface area contributed by atoms with E-state index in [1.807, 2.05) is 20.8 Å². The highest BCUT2D eigenvalue weighted by molar-refractivity contribution is 6.30. The Labute approximate surface area is 175 Å². The standard InChI is InChI=1S/C22H24ClNO5/c1-14(29-19(25)13-28-18-11-7-16(23)8-12-18)20(26)15-5-9-17(10-6-15)24-21(27)22(2,3)4/h5-12,14H,13H2,1-4H3,(H,24,27)/t14-/m1/s1. The highest BCUT2D eigenvalue weighted by atomic mass is 35.5. The molecule has 0 spiro atoms. The first kappa shape index (κ1) is 22.4. The summed E-state index contributed by atoms with van der Waals surface area (Å²) >= 11 is 5.79. The van der Waals surface area contributed by atoms with Crippen LogP contribution in [-0.4, -0.2) is 30.4 Å². The topological polar surface area (TPSA) is 81.7 Å². The number of anilines is 1. The van der Waals surface area contributed by atoms with Gasteiger partial charge in [0.1, 0.15) is 5.75 Å². The molecule has 1 atom stereocenters. The molecule has 1 amide bonds. The molecule has 0 aliphatic rings. The number of hydrogen-bond acceptors (Lipinski definition) is 5. The maximum absolute atomic E-state index is 12.5. The predicted octanol–water partition coefficient (Wildman–Crippen LogP) is 4.52. The summed E-state index contributed by atoms with van der Waals surface area (Å²) in [5, 5.41) is 3.34. The van der Waals surface area contributed by atoms with E-state index in [9.17, 15) is 14.4 Å². The van der Waals surface area contributed by atoms with Crippen molar-refractivity contribution in [3.8, 4) is 5.75 Å². The second kappa shape index (κ2) is 9.56. The highest BCUT2D eigenvalue weighted by Crippen LogP contribution is 2.19. The summed E-state index contributed by atoms with van der Waals surface area (Å²) in [6, 6.07) is 13.0. The van der Waals surface area contributed by atoms with Gasteiger partial charge in [-0.3, -0.25) is 9.59 Å². The van der Waals surface area contributed by atoms with Gasteiger partial charge < -0.3 is 14.8 Å². The first-order chi connectivity index (χ1) is 13.6. The lowest BCUT2D eigenvalue weighted by atomic mass is 9.95. The average Bonchev–Trinajstić information content (AvgIpc) is 2.66. The van der Waals surface area contributed by atoms with Gasteiger partial charge in [0.25, 0.3) is 0 Å². The van der Waals surface area contributed by atoms with Crippen molar-refractivity contribution in [2.75, 3.05) is 11.9 Å². The molecule has 0 aliphatic heterocycles. The van der Waals surface area contributed by atoms with Crippen LogP contribution in [0.25, 0.3) is 0 Å². The van der Waals surface area contributed by atoms with Gasteiger partial charge in [-0.2, -0.15) is 0 Å². The Bertz CT molecular complexity index is 870. The van der Waals surface area contributed by atoms with Crippen molar-refractivity contribution in [2.45, 2.75) is 33.8 Å². The molecule has 2 aromatic rings. The number of esters is 1. The predicted molar refractivity (Wildman–Crippen MR) is 111 cm³/mol. The molecule has 0 saturated heterocycles. The second-order valence-corrected chi connectivity index (χ2v) is 7.96. The van der Waals surface area contributed by atoms with Crippen LogP contribution in [0.2, 0.25) is 5.02 Å². The third kappa shape index (κ3) is 6.91. The van der Waals surface area contributed by atoms with Crippen LogP contribution in [0, 0.1) is 5.41 Å². The summed E-state index contributed by atoms with van der Waals surface area (Å²) in [4.78, 5) is 36.4. The number of halogens is 1. The lowest BCUT2D eigenvalue weighted by molar-refractivity contribution is -0.148. The summed E-state index contributed by atoms with van der Waals surface area (Å²) < 4.78 is 10.4. The Kier molecular flexibility index (Phi) is 7.40. The zero-order chi connectivity index (χ0) is 21.6. The van der Waals surface area contributed by atoms with Crippen molar-refractivity contribution < 1.29 is 23.9 Å². The molecule has 0 saturated carbocycles. The molecule has 29 heavy (non-hydrogen) atoms. The first-order valence-corrected chi connectivity index (χ1v) is 9.47. The minimum Gasteiger partial charge on any atom is -0.482 e. The van der Waals surface area contributed by atoms with Gasteiger partial charge in [0.05, 0.1) is 0 Å². The normalized spacial score (nSPS) is 12.0. The summed E-state index contributed by atoms with van der Waals surface area (Å²) in [5.74, 6) is -0.661. The van der Waals surface area contributed by atoms with Crippen LogP contribution >= 0.6 is 11.6 Å². The van der Waals surface area contributed by atoms with Gasteiger partial charge in [-0.15, -0.1) is 0 Å².